The van der Waals surface area contributed by atoms with Gasteiger partial charge in [-0.3, -0.25) is 9.97 Å². The molecule has 0 aliphatic carbocycles. The highest BCUT2D eigenvalue weighted by atomic mass is 14.9. The summed E-state index contributed by atoms with van der Waals surface area (Å²) in [5, 5.41) is 3.23. The van der Waals surface area contributed by atoms with Crippen LogP contribution in [0.4, 0.5) is 0 Å². The number of nitrogens with one attached hydrogen (secondary N) is 1. The minimum atomic E-state index is 0.515. The maximum absolute atomic E-state index is 4.21. The second kappa shape index (κ2) is 4.83. The lowest BCUT2D eigenvalue weighted by Gasteiger charge is -2.11. The Bertz CT molecular complexity index is 206. The van der Waals surface area contributed by atoms with E-state index in [2.05, 4.69) is 22.2 Å². The molecule has 0 amide bonds. The summed E-state index contributed by atoms with van der Waals surface area (Å²) in [4.78, 5) is 8.23. The normalized spacial score (nSPS) is 12.8. The Morgan fingerprint density at radius 2 is 2.33 bits per heavy atom. The average molecular weight is 165 g/mol. The summed E-state index contributed by atoms with van der Waals surface area (Å²) in [6.07, 6.45) is 7.33. The second-order valence-corrected chi connectivity index (χ2v) is 2.79. The van der Waals surface area contributed by atoms with Gasteiger partial charge in [0.1, 0.15) is 0 Å². The lowest BCUT2D eigenvalue weighted by molar-refractivity contribution is 0.536. The van der Waals surface area contributed by atoms with Gasteiger partial charge >= 0.3 is 0 Å². The molecule has 1 heterocycles. The molecule has 1 aromatic heterocycles. The molecule has 0 fully saturated rings. The molecule has 1 rings (SSSR count). The SMILES string of the molecule is CCC(Cc1cnccn1)NC. The van der Waals surface area contributed by atoms with Gasteiger partial charge in [-0.2, -0.15) is 0 Å². The van der Waals surface area contributed by atoms with Gasteiger partial charge in [0.25, 0.3) is 0 Å². The Hall–Kier alpha value is -0.960. The van der Waals surface area contributed by atoms with Crippen molar-refractivity contribution in [2.45, 2.75) is 25.8 Å². The topological polar surface area (TPSA) is 37.8 Å². The van der Waals surface area contributed by atoms with Gasteiger partial charge in [-0.15, -0.1) is 0 Å². The Morgan fingerprint density at radius 3 is 2.83 bits per heavy atom. The third-order valence-corrected chi connectivity index (χ3v) is 1.97. The molecule has 66 valence electrons. The summed E-state index contributed by atoms with van der Waals surface area (Å²) >= 11 is 0. The summed E-state index contributed by atoms with van der Waals surface area (Å²) in [5.74, 6) is 0. The van der Waals surface area contributed by atoms with Crippen LogP contribution in [-0.4, -0.2) is 23.1 Å². The summed E-state index contributed by atoms with van der Waals surface area (Å²) in [5.41, 5.74) is 1.05. The first kappa shape index (κ1) is 9.13. The molecule has 0 aromatic carbocycles. The molecule has 12 heavy (non-hydrogen) atoms. The van der Waals surface area contributed by atoms with Gasteiger partial charge < -0.3 is 5.32 Å². The van der Waals surface area contributed by atoms with Crippen LogP contribution in [0.15, 0.2) is 18.6 Å². The molecule has 1 aromatic rings. The van der Waals surface area contributed by atoms with Gasteiger partial charge in [-0.05, 0) is 13.5 Å². The molecule has 3 nitrogen and oxygen atoms in total. The Morgan fingerprint density at radius 1 is 1.50 bits per heavy atom. The fourth-order valence-corrected chi connectivity index (χ4v) is 1.14. The molecule has 1 unspecified atom stereocenters. The Balaban J connectivity index is 2.51. The quantitative estimate of drug-likeness (QED) is 0.723. The fraction of sp³-hybridized carbons (Fsp3) is 0.556. The van der Waals surface area contributed by atoms with Crippen LogP contribution in [0.25, 0.3) is 0 Å². The van der Waals surface area contributed by atoms with Crippen molar-refractivity contribution in [2.75, 3.05) is 7.05 Å². The van der Waals surface area contributed by atoms with Crippen molar-refractivity contribution < 1.29 is 0 Å². The number of likely N-dealkylation sites (N-methyl/N-ethyl adjacent to an activating group) is 1. The zero-order valence-corrected chi connectivity index (χ0v) is 7.62. The predicted molar refractivity (Wildman–Crippen MR) is 48.9 cm³/mol. The van der Waals surface area contributed by atoms with Crippen molar-refractivity contribution in [3.05, 3.63) is 24.3 Å². The summed E-state index contributed by atoms with van der Waals surface area (Å²) in [7, 11) is 1.98. The third kappa shape index (κ3) is 2.58. The van der Waals surface area contributed by atoms with Crippen molar-refractivity contribution in [3.63, 3.8) is 0 Å². The van der Waals surface area contributed by atoms with E-state index >= 15 is 0 Å². The highest BCUT2D eigenvalue weighted by Crippen LogP contribution is 1.99. The molecule has 0 radical (unpaired) electrons. The van der Waals surface area contributed by atoms with Crippen LogP contribution in [0, 0.1) is 0 Å². The smallest absolute Gasteiger partial charge is 0.0602 e. The van der Waals surface area contributed by atoms with Crippen molar-refractivity contribution in [3.8, 4) is 0 Å². The standard InChI is InChI=1S/C9H15N3/c1-3-8(10-2)6-9-7-11-4-5-12-9/h4-5,7-8,10H,3,6H2,1-2H3. The monoisotopic (exact) mass is 165 g/mol. The summed E-state index contributed by atoms with van der Waals surface area (Å²) in [6.45, 7) is 2.16. The molecule has 0 saturated carbocycles. The van der Waals surface area contributed by atoms with Crippen LogP contribution in [-0.2, 0) is 6.42 Å². The van der Waals surface area contributed by atoms with E-state index in [9.17, 15) is 0 Å². The van der Waals surface area contributed by atoms with E-state index in [-0.39, 0.29) is 0 Å². The number of aromatic nitrogens is 2. The molecule has 0 aliphatic rings. The minimum Gasteiger partial charge on any atom is -0.317 e. The maximum atomic E-state index is 4.21. The first-order valence-electron chi connectivity index (χ1n) is 4.29. The second-order valence-electron chi connectivity index (χ2n) is 2.79. The summed E-state index contributed by atoms with van der Waals surface area (Å²) < 4.78 is 0. The zero-order chi connectivity index (χ0) is 8.81. The predicted octanol–water partition coefficient (Wildman–Crippen LogP) is 1.02. The fourth-order valence-electron chi connectivity index (χ4n) is 1.14. The Kier molecular flexibility index (Phi) is 3.67. The van der Waals surface area contributed by atoms with E-state index in [1.807, 2.05) is 13.2 Å². The Labute approximate surface area is 73.2 Å². The van der Waals surface area contributed by atoms with Crippen LogP contribution in [0.3, 0.4) is 0 Å². The molecule has 1 atom stereocenters. The highest BCUT2D eigenvalue weighted by Gasteiger charge is 2.04. The van der Waals surface area contributed by atoms with Gasteiger partial charge in [0.05, 0.1) is 5.69 Å². The molecule has 0 saturated heterocycles. The van der Waals surface area contributed by atoms with E-state index in [1.165, 1.54) is 0 Å². The van der Waals surface area contributed by atoms with Crippen LogP contribution < -0.4 is 5.32 Å². The number of nitrogens with zero attached hydrogens (tertiary/aromatic N) is 2. The van der Waals surface area contributed by atoms with E-state index in [1.54, 1.807) is 12.4 Å². The molecular formula is C9H15N3. The zero-order valence-electron chi connectivity index (χ0n) is 7.62. The van der Waals surface area contributed by atoms with Crippen molar-refractivity contribution in [2.24, 2.45) is 0 Å². The average Bonchev–Trinajstić information content (AvgIpc) is 2.16. The first-order chi connectivity index (χ1) is 5.86. The van der Waals surface area contributed by atoms with E-state index < -0.39 is 0 Å². The van der Waals surface area contributed by atoms with E-state index in [0.717, 1.165) is 18.5 Å². The van der Waals surface area contributed by atoms with Crippen molar-refractivity contribution in [1.82, 2.24) is 15.3 Å². The lowest BCUT2D eigenvalue weighted by Crippen LogP contribution is -2.26. The van der Waals surface area contributed by atoms with Gasteiger partial charge in [-0.25, -0.2) is 0 Å². The van der Waals surface area contributed by atoms with Gasteiger partial charge in [-0.1, -0.05) is 6.92 Å². The molecule has 1 N–H and O–H groups in total. The van der Waals surface area contributed by atoms with Crippen LogP contribution >= 0.6 is 0 Å². The molecular weight excluding hydrogens is 150 g/mol. The number of hydrogen-bond acceptors (Lipinski definition) is 3. The van der Waals surface area contributed by atoms with Crippen molar-refractivity contribution >= 4 is 0 Å². The minimum absolute atomic E-state index is 0.515. The molecule has 0 spiro atoms. The third-order valence-electron chi connectivity index (χ3n) is 1.97. The lowest BCUT2D eigenvalue weighted by atomic mass is 10.1. The van der Waals surface area contributed by atoms with E-state index in [4.69, 9.17) is 0 Å². The first-order valence-corrected chi connectivity index (χ1v) is 4.29. The number of rotatable bonds is 4. The molecule has 0 bridgehead atoms. The van der Waals surface area contributed by atoms with E-state index in [0.29, 0.717) is 6.04 Å². The van der Waals surface area contributed by atoms with Gasteiger partial charge in [0, 0.05) is 31.1 Å². The number of hydrogen-bond donors (Lipinski definition) is 1. The highest BCUT2D eigenvalue weighted by molar-refractivity contribution is 4.97. The largest absolute Gasteiger partial charge is 0.317 e. The van der Waals surface area contributed by atoms with Crippen molar-refractivity contribution in [1.29, 1.82) is 0 Å². The maximum Gasteiger partial charge on any atom is 0.0602 e. The van der Waals surface area contributed by atoms with Gasteiger partial charge in [0.15, 0.2) is 0 Å². The molecule has 0 aliphatic heterocycles. The van der Waals surface area contributed by atoms with Crippen LogP contribution in [0.2, 0.25) is 0 Å². The van der Waals surface area contributed by atoms with Crippen LogP contribution in [0.5, 0.6) is 0 Å². The van der Waals surface area contributed by atoms with Crippen LogP contribution in [0.1, 0.15) is 19.0 Å². The summed E-state index contributed by atoms with van der Waals surface area (Å²) in [6, 6.07) is 0.515. The van der Waals surface area contributed by atoms with Gasteiger partial charge in [0.2, 0.25) is 0 Å². The molecule has 3 heteroatoms.